The minimum atomic E-state index is -0.567. The van der Waals surface area contributed by atoms with Gasteiger partial charge in [-0.25, -0.2) is 4.39 Å². The zero-order chi connectivity index (χ0) is 9.71. The van der Waals surface area contributed by atoms with Crippen LogP contribution in [0.25, 0.3) is 0 Å². The Hall–Kier alpha value is -0.150. The summed E-state index contributed by atoms with van der Waals surface area (Å²) in [6, 6.07) is 1.34. The topological polar surface area (TPSA) is 15.3 Å². The van der Waals surface area contributed by atoms with Crippen LogP contribution in [-0.2, 0) is 0 Å². The summed E-state index contributed by atoms with van der Waals surface area (Å²) in [5.41, 5.74) is 0. The lowest BCUT2D eigenvalue weighted by molar-refractivity contribution is 0.0824. The molecule has 3 heteroatoms. The van der Waals surface area contributed by atoms with Crippen LogP contribution in [0.1, 0.15) is 19.8 Å². The van der Waals surface area contributed by atoms with Crippen molar-refractivity contribution in [2.45, 2.75) is 38.0 Å². The lowest BCUT2D eigenvalue weighted by atomic mass is 9.70. The number of nitrogens with one attached hydrogen (secondary N) is 1. The van der Waals surface area contributed by atoms with Gasteiger partial charge in [0.15, 0.2) is 0 Å². The zero-order valence-corrected chi connectivity index (χ0v) is 8.75. The molecule has 0 aromatic rings. The van der Waals surface area contributed by atoms with Crippen molar-refractivity contribution in [1.29, 1.82) is 0 Å². The van der Waals surface area contributed by atoms with Gasteiger partial charge in [0, 0.05) is 25.2 Å². The number of halogens is 1. The SMILES string of the molecule is CC(C1C2CNC1C2)N1CCC(F)C1. The maximum atomic E-state index is 13.1. The molecule has 4 aliphatic rings. The third kappa shape index (κ3) is 1.22. The molecule has 4 rings (SSSR count). The molecule has 0 aromatic heterocycles. The van der Waals surface area contributed by atoms with Gasteiger partial charge >= 0.3 is 0 Å². The zero-order valence-electron chi connectivity index (χ0n) is 8.75. The number of rotatable bonds is 2. The highest BCUT2D eigenvalue weighted by Gasteiger charge is 2.50. The highest BCUT2D eigenvalue weighted by molar-refractivity contribution is 5.06. The Balaban J connectivity index is 1.63. The van der Waals surface area contributed by atoms with Crippen molar-refractivity contribution in [2.24, 2.45) is 11.8 Å². The molecule has 2 bridgehead atoms. The van der Waals surface area contributed by atoms with Crippen LogP contribution in [0.2, 0.25) is 0 Å². The molecule has 4 fully saturated rings. The van der Waals surface area contributed by atoms with Crippen molar-refractivity contribution in [2.75, 3.05) is 19.6 Å². The molecule has 1 aliphatic carbocycles. The van der Waals surface area contributed by atoms with E-state index < -0.39 is 6.17 Å². The average Bonchev–Trinajstić information content (AvgIpc) is 2.75. The number of hydrogen-bond donors (Lipinski definition) is 1. The Kier molecular flexibility index (Phi) is 2.06. The number of alkyl halides is 1. The van der Waals surface area contributed by atoms with Gasteiger partial charge in [-0.1, -0.05) is 0 Å². The highest BCUT2D eigenvalue weighted by atomic mass is 19.1. The normalized spacial score (nSPS) is 49.3. The van der Waals surface area contributed by atoms with Gasteiger partial charge in [-0.2, -0.15) is 0 Å². The van der Waals surface area contributed by atoms with Crippen molar-refractivity contribution in [1.82, 2.24) is 10.2 Å². The minimum Gasteiger partial charge on any atom is -0.313 e. The van der Waals surface area contributed by atoms with Crippen LogP contribution in [0.4, 0.5) is 4.39 Å². The number of fused-ring (bicyclic) bond motifs is 1. The quantitative estimate of drug-likeness (QED) is 0.713. The number of likely N-dealkylation sites (tertiary alicyclic amines) is 1. The fourth-order valence-electron chi connectivity index (χ4n) is 3.60. The van der Waals surface area contributed by atoms with Gasteiger partial charge < -0.3 is 5.32 Å². The molecule has 1 saturated carbocycles. The third-order valence-corrected chi connectivity index (χ3v) is 4.50. The summed E-state index contributed by atoms with van der Waals surface area (Å²) in [6.07, 6.45) is 1.55. The molecule has 1 N–H and O–H groups in total. The van der Waals surface area contributed by atoms with Crippen LogP contribution in [0, 0.1) is 11.8 Å². The first-order chi connectivity index (χ1) is 6.75. The standard InChI is InChI=1S/C11H19FN2/c1-7(14-3-2-9(12)6-14)11-8-4-10(11)13-5-8/h7-11,13H,2-6H2,1H3. The molecule has 80 valence electrons. The van der Waals surface area contributed by atoms with E-state index in [1.54, 1.807) is 0 Å². The van der Waals surface area contributed by atoms with E-state index in [-0.39, 0.29) is 0 Å². The summed E-state index contributed by atoms with van der Waals surface area (Å²) in [4.78, 5) is 2.35. The van der Waals surface area contributed by atoms with Gasteiger partial charge in [0.05, 0.1) is 0 Å². The van der Waals surface area contributed by atoms with E-state index in [4.69, 9.17) is 0 Å². The maximum absolute atomic E-state index is 13.1. The van der Waals surface area contributed by atoms with Gasteiger partial charge in [-0.3, -0.25) is 4.90 Å². The van der Waals surface area contributed by atoms with E-state index in [0.29, 0.717) is 12.6 Å². The second-order valence-electron chi connectivity index (χ2n) is 5.21. The summed E-state index contributed by atoms with van der Waals surface area (Å²) in [5.74, 6) is 1.69. The van der Waals surface area contributed by atoms with E-state index >= 15 is 0 Å². The van der Waals surface area contributed by atoms with Crippen molar-refractivity contribution in [3.8, 4) is 0 Å². The van der Waals surface area contributed by atoms with Crippen molar-refractivity contribution in [3.63, 3.8) is 0 Å². The molecule has 0 radical (unpaired) electrons. The van der Waals surface area contributed by atoms with Crippen LogP contribution >= 0.6 is 0 Å². The third-order valence-electron chi connectivity index (χ3n) is 4.50. The maximum Gasteiger partial charge on any atom is 0.114 e. The predicted octanol–water partition coefficient (Wildman–Crippen LogP) is 1.03. The highest BCUT2D eigenvalue weighted by Crippen LogP contribution is 2.44. The molecule has 0 aromatic carbocycles. The lowest BCUT2D eigenvalue weighted by Crippen LogP contribution is -2.50. The first-order valence-electron chi connectivity index (χ1n) is 5.87. The van der Waals surface area contributed by atoms with Crippen LogP contribution in [0.3, 0.4) is 0 Å². The Bertz CT molecular complexity index is 219. The summed E-state index contributed by atoms with van der Waals surface area (Å²) in [7, 11) is 0. The van der Waals surface area contributed by atoms with E-state index in [1.165, 1.54) is 13.0 Å². The van der Waals surface area contributed by atoms with E-state index in [2.05, 4.69) is 17.1 Å². The molecule has 14 heavy (non-hydrogen) atoms. The summed E-state index contributed by atoms with van der Waals surface area (Å²) >= 11 is 0. The van der Waals surface area contributed by atoms with Crippen molar-refractivity contribution in [3.05, 3.63) is 0 Å². The van der Waals surface area contributed by atoms with Gasteiger partial charge in [0.1, 0.15) is 6.17 Å². The fraction of sp³-hybridized carbons (Fsp3) is 1.00. The molecular weight excluding hydrogens is 179 g/mol. The van der Waals surface area contributed by atoms with Crippen LogP contribution in [0.5, 0.6) is 0 Å². The molecule has 0 amide bonds. The molecule has 3 saturated heterocycles. The average molecular weight is 198 g/mol. The Morgan fingerprint density at radius 1 is 1.50 bits per heavy atom. The smallest absolute Gasteiger partial charge is 0.114 e. The Morgan fingerprint density at radius 3 is 2.86 bits per heavy atom. The predicted molar refractivity (Wildman–Crippen MR) is 53.9 cm³/mol. The molecule has 0 spiro atoms. The van der Waals surface area contributed by atoms with Gasteiger partial charge in [0.2, 0.25) is 0 Å². The molecular formula is C11H19FN2. The molecule has 5 unspecified atom stereocenters. The Labute approximate surface area is 84.8 Å². The largest absolute Gasteiger partial charge is 0.313 e. The van der Waals surface area contributed by atoms with Crippen LogP contribution in [0.15, 0.2) is 0 Å². The van der Waals surface area contributed by atoms with Crippen molar-refractivity contribution >= 4 is 0 Å². The van der Waals surface area contributed by atoms with E-state index in [1.807, 2.05) is 0 Å². The fourth-order valence-corrected chi connectivity index (χ4v) is 3.60. The molecule has 3 aliphatic heterocycles. The molecule has 2 nitrogen and oxygen atoms in total. The van der Waals surface area contributed by atoms with Gasteiger partial charge in [-0.15, -0.1) is 0 Å². The van der Waals surface area contributed by atoms with Gasteiger partial charge in [-0.05, 0) is 38.1 Å². The summed E-state index contributed by atoms with van der Waals surface area (Å²) < 4.78 is 13.1. The first-order valence-corrected chi connectivity index (χ1v) is 5.87. The van der Waals surface area contributed by atoms with Gasteiger partial charge in [0.25, 0.3) is 0 Å². The van der Waals surface area contributed by atoms with E-state index in [0.717, 1.165) is 30.8 Å². The van der Waals surface area contributed by atoms with E-state index in [9.17, 15) is 4.39 Å². The molecule has 3 heterocycles. The number of hydrogen-bond acceptors (Lipinski definition) is 2. The monoisotopic (exact) mass is 198 g/mol. The summed E-state index contributed by atoms with van der Waals surface area (Å²) in [6.45, 7) is 5.14. The number of nitrogens with zero attached hydrogens (tertiary/aromatic N) is 1. The lowest BCUT2D eigenvalue weighted by Gasteiger charge is -2.42. The first kappa shape index (κ1) is 9.10. The summed E-state index contributed by atoms with van der Waals surface area (Å²) in [5, 5.41) is 3.54. The second kappa shape index (κ2) is 3.17. The Morgan fingerprint density at radius 2 is 2.36 bits per heavy atom. The molecule has 5 atom stereocenters. The second-order valence-corrected chi connectivity index (χ2v) is 5.21. The van der Waals surface area contributed by atoms with Crippen molar-refractivity contribution < 1.29 is 4.39 Å². The minimum absolute atomic E-state index is 0.567. The van der Waals surface area contributed by atoms with Crippen LogP contribution < -0.4 is 5.32 Å². The van der Waals surface area contributed by atoms with Crippen LogP contribution in [-0.4, -0.2) is 42.8 Å².